The van der Waals surface area contributed by atoms with Crippen LogP contribution >= 0.6 is 23.1 Å². The van der Waals surface area contributed by atoms with Crippen LogP contribution in [0, 0.1) is 5.82 Å². The van der Waals surface area contributed by atoms with E-state index in [0.717, 1.165) is 15.8 Å². The molecule has 4 aromatic rings. The number of benzene rings is 2. The van der Waals surface area contributed by atoms with E-state index in [1.54, 1.807) is 38.2 Å². The van der Waals surface area contributed by atoms with Crippen LogP contribution in [0.4, 0.5) is 8.78 Å². The number of rotatable bonds is 5. The zero-order valence-corrected chi connectivity index (χ0v) is 17.4. The molecular weight excluding hydrogens is 412 g/mol. The number of alkyl halides is 1. The highest BCUT2D eigenvalue weighted by molar-refractivity contribution is 8.01. The van der Waals surface area contributed by atoms with E-state index in [1.807, 2.05) is 12.1 Å². The van der Waals surface area contributed by atoms with E-state index in [4.69, 9.17) is 4.42 Å². The highest BCUT2D eigenvalue weighted by atomic mass is 32.2. The van der Waals surface area contributed by atoms with Gasteiger partial charge in [-0.2, -0.15) is 0 Å². The molecule has 148 valence electrons. The Morgan fingerprint density at radius 3 is 2.66 bits per heavy atom. The van der Waals surface area contributed by atoms with Crippen LogP contribution in [-0.4, -0.2) is 4.98 Å². The Morgan fingerprint density at radius 1 is 1.17 bits per heavy atom. The highest BCUT2D eigenvalue weighted by Gasteiger charge is 2.26. The Hall–Kier alpha value is -2.51. The lowest BCUT2D eigenvalue weighted by molar-refractivity contribution is 0.190. The molecule has 1 atom stereocenters. The van der Waals surface area contributed by atoms with Gasteiger partial charge in [-0.05, 0) is 54.8 Å². The number of hydrogen-bond donors (Lipinski definition) is 0. The van der Waals surface area contributed by atoms with Crippen LogP contribution in [-0.2, 0) is 5.67 Å². The number of hydrogen-bond acceptors (Lipinski definition) is 5. The molecular formula is C22H17F2NO2S2. The average molecular weight is 430 g/mol. The quantitative estimate of drug-likeness (QED) is 0.327. The summed E-state index contributed by atoms with van der Waals surface area (Å²) in [6, 6.07) is 12.9. The predicted octanol–water partition coefficient (Wildman–Crippen LogP) is 6.80. The number of fused-ring (bicyclic) bond motifs is 1. The largest absolute Gasteiger partial charge is 0.423 e. The van der Waals surface area contributed by atoms with Gasteiger partial charge in [0.1, 0.15) is 17.1 Å². The fourth-order valence-corrected chi connectivity index (χ4v) is 4.99. The third-order valence-electron chi connectivity index (χ3n) is 4.74. The molecule has 2 aromatic carbocycles. The van der Waals surface area contributed by atoms with Crippen molar-refractivity contribution in [3.05, 3.63) is 75.8 Å². The Labute approximate surface area is 174 Å². The van der Waals surface area contributed by atoms with Crippen molar-refractivity contribution < 1.29 is 13.2 Å². The molecule has 0 bridgehead atoms. The second-order valence-electron chi connectivity index (χ2n) is 6.79. The molecule has 0 saturated heterocycles. The van der Waals surface area contributed by atoms with Gasteiger partial charge in [0.2, 0.25) is 0 Å². The van der Waals surface area contributed by atoms with Crippen molar-refractivity contribution in [2.75, 3.05) is 0 Å². The Morgan fingerprint density at radius 2 is 1.93 bits per heavy atom. The summed E-state index contributed by atoms with van der Waals surface area (Å²) in [4.78, 5) is 17.8. The van der Waals surface area contributed by atoms with Crippen molar-refractivity contribution >= 4 is 34.1 Å². The van der Waals surface area contributed by atoms with Gasteiger partial charge < -0.3 is 4.42 Å². The summed E-state index contributed by atoms with van der Waals surface area (Å²) < 4.78 is 33.8. The van der Waals surface area contributed by atoms with Gasteiger partial charge in [0.15, 0.2) is 4.34 Å². The first-order valence-corrected chi connectivity index (χ1v) is 10.7. The number of aromatic nitrogens is 1. The van der Waals surface area contributed by atoms with Gasteiger partial charge in [0.05, 0.1) is 4.88 Å². The molecule has 0 radical (unpaired) electrons. The third kappa shape index (κ3) is 4.11. The first-order chi connectivity index (χ1) is 13.9. The van der Waals surface area contributed by atoms with Gasteiger partial charge in [-0.1, -0.05) is 30.8 Å². The predicted molar refractivity (Wildman–Crippen MR) is 113 cm³/mol. The second-order valence-corrected chi connectivity index (χ2v) is 9.14. The van der Waals surface area contributed by atoms with Crippen LogP contribution < -0.4 is 5.63 Å². The van der Waals surface area contributed by atoms with Gasteiger partial charge in [0.25, 0.3) is 0 Å². The maximum absolute atomic E-state index is 14.5. The first kappa shape index (κ1) is 19.8. The van der Waals surface area contributed by atoms with E-state index in [0.29, 0.717) is 26.8 Å². The number of halogens is 2. The van der Waals surface area contributed by atoms with Crippen molar-refractivity contribution in [2.45, 2.75) is 35.2 Å². The SMILES string of the molecule is CCC(C)(F)c1cnc(Sc2ccc3c(-c4ccc(F)cc4)cc(=O)oc3c2)s1. The molecule has 2 aromatic heterocycles. The van der Waals surface area contributed by atoms with E-state index in [9.17, 15) is 13.6 Å². The molecule has 29 heavy (non-hydrogen) atoms. The minimum Gasteiger partial charge on any atom is -0.423 e. The lowest BCUT2D eigenvalue weighted by Crippen LogP contribution is -2.10. The molecule has 2 heterocycles. The monoisotopic (exact) mass is 429 g/mol. The summed E-state index contributed by atoms with van der Waals surface area (Å²) in [5, 5.41) is 0.753. The lowest BCUT2D eigenvalue weighted by Gasteiger charge is -2.14. The number of thiazole rings is 1. The molecule has 0 aliphatic carbocycles. The average Bonchev–Trinajstić information content (AvgIpc) is 3.17. The van der Waals surface area contributed by atoms with Crippen molar-refractivity contribution in [3.63, 3.8) is 0 Å². The van der Waals surface area contributed by atoms with E-state index < -0.39 is 11.3 Å². The van der Waals surface area contributed by atoms with E-state index in [-0.39, 0.29) is 5.82 Å². The fraction of sp³-hybridized carbons (Fsp3) is 0.182. The summed E-state index contributed by atoms with van der Waals surface area (Å²) in [6.07, 6.45) is 1.96. The van der Waals surface area contributed by atoms with Gasteiger partial charge in [-0.25, -0.2) is 18.6 Å². The van der Waals surface area contributed by atoms with Crippen molar-refractivity contribution in [1.82, 2.24) is 4.98 Å². The maximum Gasteiger partial charge on any atom is 0.336 e. The molecule has 1 unspecified atom stereocenters. The molecule has 0 aliphatic rings. The standard InChI is InChI=1S/C22H17F2NO2S2/c1-3-22(2,24)19-12-25-21(29-19)28-15-8-9-16-17(11-20(26)27-18(16)10-15)13-4-6-14(23)7-5-13/h4-12H,3H2,1-2H3. The van der Waals surface area contributed by atoms with Crippen molar-refractivity contribution in [3.8, 4) is 11.1 Å². The molecule has 4 rings (SSSR count). The Kier molecular flexibility index (Phi) is 5.27. The summed E-state index contributed by atoms with van der Waals surface area (Å²) in [5.74, 6) is -0.338. The van der Waals surface area contributed by atoms with Gasteiger partial charge in [0, 0.05) is 22.5 Å². The van der Waals surface area contributed by atoms with Gasteiger partial charge in [-0.15, -0.1) is 11.3 Å². The molecule has 0 N–H and O–H groups in total. The second kappa shape index (κ2) is 7.72. The molecule has 0 amide bonds. The number of nitrogens with zero attached hydrogens (tertiary/aromatic N) is 1. The van der Waals surface area contributed by atoms with Crippen LogP contribution in [0.3, 0.4) is 0 Å². The van der Waals surface area contributed by atoms with Crippen molar-refractivity contribution in [2.24, 2.45) is 0 Å². The van der Waals surface area contributed by atoms with Crippen LogP contribution in [0.1, 0.15) is 25.1 Å². The molecule has 0 fully saturated rings. The molecule has 0 spiro atoms. The summed E-state index contributed by atoms with van der Waals surface area (Å²) in [6.45, 7) is 3.35. The van der Waals surface area contributed by atoms with Crippen LogP contribution in [0.25, 0.3) is 22.1 Å². The summed E-state index contributed by atoms with van der Waals surface area (Å²) in [5.41, 5.74) is -0.0258. The first-order valence-electron chi connectivity index (χ1n) is 9.02. The Balaban J connectivity index is 1.70. The smallest absolute Gasteiger partial charge is 0.336 e. The topological polar surface area (TPSA) is 43.1 Å². The van der Waals surface area contributed by atoms with E-state index in [1.165, 1.54) is 41.3 Å². The van der Waals surface area contributed by atoms with Gasteiger partial charge >= 0.3 is 5.63 Å². The molecule has 0 saturated carbocycles. The van der Waals surface area contributed by atoms with Crippen molar-refractivity contribution in [1.29, 1.82) is 0 Å². The van der Waals surface area contributed by atoms with E-state index in [2.05, 4.69) is 4.98 Å². The van der Waals surface area contributed by atoms with Crippen LogP contribution in [0.2, 0.25) is 0 Å². The van der Waals surface area contributed by atoms with Crippen LogP contribution in [0.5, 0.6) is 0 Å². The van der Waals surface area contributed by atoms with Crippen LogP contribution in [0.15, 0.2) is 73.2 Å². The summed E-state index contributed by atoms with van der Waals surface area (Å²) >= 11 is 2.71. The lowest BCUT2D eigenvalue weighted by atomic mass is 10.0. The summed E-state index contributed by atoms with van der Waals surface area (Å²) in [7, 11) is 0. The zero-order chi connectivity index (χ0) is 20.6. The third-order valence-corrected chi connectivity index (χ3v) is 7.04. The highest BCUT2D eigenvalue weighted by Crippen LogP contribution is 2.39. The van der Waals surface area contributed by atoms with Gasteiger partial charge in [-0.3, -0.25) is 0 Å². The zero-order valence-electron chi connectivity index (χ0n) is 15.7. The fourth-order valence-electron chi connectivity index (χ4n) is 2.90. The normalized spacial score (nSPS) is 13.5. The molecule has 0 aliphatic heterocycles. The molecule has 3 nitrogen and oxygen atoms in total. The minimum atomic E-state index is -1.39. The maximum atomic E-state index is 14.5. The molecule has 7 heteroatoms. The minimum absolute atomic E-state index is 0.338. The van der Waals surface area contributed by atoms with E-state index >= 15 is 0 Å². The Bertz CT molecular complexity index is 1230.